The van der Waals surface area contributed by atoms with Crippen molar-refractivity contribution in [2.45, 2.75) is 0 Å². The van der Waals surface area contributed by atoms with Crippen molar-refractivity contribution in [2.24, 2.45) is 0 Å². The van der Waals surface area contributed by atoms with Gasteiger partial charge in [-0.1, -0.05) is 152 Å². The lowest BCUT2D eigenvalue weighted by molar-refractivity contribution is 0.669. The first kappa shape index (κ1) is 32.8. The molecule has 0 N–H and O–H groups in total. The predicted molar refractivity (Wildman–Crippen MR) is 245 cm³/mol. The molecule has 4 heteroatoms. The van der Waals surface area contributed by atoms with Gasteiger partial charge in [0.15, 0.2) is 0 Å². The van der Waals surface area contributed by atoms with E-state index in [1.54, 1.807) is 0 Å². The fourth-order valence-electron chi connectivity index (χ4n) is 8.88. The first-order chi connectivity index (χ1) is 28.8. The van der Waals surface area contributed by atoms with E-state index in [1.165, 1.54) is 31.3 Å². The summed E-state index contributed by atoms with van der Waals surface area (Å²) in [6, 6.07) is 71.4. The van der Waals surface area contributed by atoms with E-state index < -0.39 is 0 Å². The lowest BCUT2D eigenvalue weighted by atomic mass is 9.95. The van der Waals surface area contributed by atoms with E-state index in [9.17, 15) is 0 Å². The van der Waals surface area contributed by atoms with Gasteiger partial charge in [0.1, 0.15) is 22.3 Å². The Morgan fingerprint density at radius 3 is 1.71 bits per heavy atom. The Bertz CT molecular complexity index is 3510. The van der Waals surface area contributed by atoms with Gasteiger partial charge in [-0.15, -0.1) is 11.3 Å². The number of para-hydroxylation sites is 2. The van der Waals surface area contributed by atoms with Gasteiger partial charge in [-0.25, -0.2) is 0 Å². The van der Waals surface area contributed by atoms with E-state index in [-0.39, 0.29) is 0 Å². The van der Waals surface area contributed by atoms with Crippen molar-refractivity contribution in [1.82, 2.24) is 0 Å². The molecule has 0 amide bonds. The van der Waals surface area contributed by atoms with Gasteiger partial charge < -0.3 is 13.7 Å². The number of benzene rings is 9. The highest BCUT2D eigenvalue weighted by atomic mass is 32.1. The SMILES string of the molecule is c1ccc(-c2ccc3sc4c(-c5ccccc5)cccc4c3c2N(c2ccc3oc4ccccc4c3c2)c2ccc(-c3ccccc3)c3oc4ccccc4c23)cc1. The Kier molecular flexibility index (Phi) is 7.40. The molecule has 272 valence electrons. The highest BCUT2D eigenvalue weighted by Gasteiger charge is 2.28. The van der Waals surface area contributed by atoms with Crippen LogP contribution in [0.3, 0.4) is 0 Å². The van der Waals surface area contributed by atoms with Crippen LogP contribution >= 0.6 is 11.3 Å². The maximum absolute atomic E-state index is 6.90. The van der Waals surface area contributed by atoms with Crippen LogP contribution in [0.25, 0.3) is 97.4 Å². The summed E-state index contributed by atoms with van der Waals surface area (Å²) in [4.78, 5) is 2.49. The monoisotopic (exact) mass is 759 g/mol. The van der Waals surface area contributed by atoms with Crippen LogP contribution in [0.1, 0.15) is 0 Å². The molecule has 0 bridgehead atoms. The molecular weight excluding hydrogens is 727 g/mol. The zero-order valence-corrected chi connectivity index (χ0v) is 32.0. The van der Waals surface area contributed by atoms with E-state index in [0.717, 1.165) is 83.2 Å². The summed E-state index contributed by atoms with van der Waals surface area (Å²) in [5.41, 5.74) is 13.5. The van der Waals surface area contributed by atoms with Gasteiger partial charge in [0.25, 0.3) is 0 Å². The number of fused-ring (bicyclic) bond motifs is 9. The molecule has 3 aromatic heterocycles. The zero-order valence-electron chi connectivity index (χ0n) is 31.2. The predicted octanol–water partition coefficient (Wildman–Crippen LogP) is 16.3. The first-order valence-electron chi connectivity index (χ1n) is 19.6. The zero-order chi connectivity index (χ0) is 38.2. The minimum atomic E-state index is 0.855. The minimum Gasteiger partial charge on any atom is -0.456 e. The molecule has 9 aromatic carbocycles. The molecule has 0 spiro atoms. The van der Waals surface area contributed by atoms with Crippen LogP contribution in [0.2, 0.25) is 0 Å². The summed E-state index contributed by atoms with van der Waals surface area (Å²) in [5.74, 6) is 0. The molecule has 0 atom stereocenters. The number of rotatable bonds is 6. The molecule has 0 aliphatic rings. The van der Waals surface area contributed by atoms with E-state index >= 15 is 0 Å². The van der Waals surface area contributed by atoms with Crippen LogP contribution < -0.4 is 4.90 Å². The molecule has 58 heavy (non-hydrogen) atoms. The van der Waals surface area contributed by atoms with E-state index in [0.29, 0.717) is 0 Å². The lowest BCUT2D eigenvalue weighted by Gasteiger charge is -2.30. The summed E-state index contributed by atoms with van der Waals surface area (Å²) < 4.78 is 15.8. The van der Waals surface area contributed by atoms with Crippen LogP contribution in [-0.2, 0) is 0 Å². The first-order valence-corrected chi connectivity index (χ1v) is 20.4. The second-order valence-corrected chi connectivity index (χ2v) is 15.8. The van der Waals surface area contributed by atoms with E-state index in [1.807, 2.05) is 23.5 Å². The molecule has 12 rings (SSSR count). The molecule has 0 unspecified atom stereocenters. The maximum Gasteiger partial charge on any atom is 0.145 e. The average molecular weight is 760 g/mol. The van der Waals surface area contributed by atoms with Gasteiger partial charge in [0, 0.05) is 53.1 Å². The molecule has 0 aliphatic heterocycles. The van der Waals surface area contributed by atoms with Crippen LogP contribution in [0.4, 0.5) is 17.1 Å². The summed E-state index contributed by atoms with van der Waals surface area (Å²) in [5, 5.41) is 6.73. The summed E-state index contributed by atoms with van der Waals surface area (Å²) >= 11 is 1.86. The Labute approximate surface area is 338 Å². The third-order valence-corrected chi connectivity index (χ3v) is 12.7. The molecule has 0 radical (unpaired) electrons. The van der Waals surface area contributed by atoms with Crippen molar-refractivity contribution in [3.05, 3.63) is 200 Å². The minimum absolute atomic E-state index is 0.855. The lowest BCUT2D eigenvalue weighted by Crippen LogP contribution is -2.12. The topological polar surface area (TPSA) is 29.5 Å². The molecule has 3 nitrogen and oxygen atoms in total. The van der Waals surface area contributed by atoms with Crippen molar-refractivity contribution in [3.8, 4) is 33.4 Å². The fraction of sp³-hybridized carbons (Fsp3) is 0. The van der Waals surface area contributed by atoms with Gasteiger partial charge in [-0.2, -0.15) is 0 Å². The highest BCUT2D eigenvalue weighted by Crippen LogP contribution is 2.54. The van der Waals surface area contributed by atoms with Crippen LogP contribution in [0.5, 0.6) is 0 Å². The number of furan rings is 2. The van der Waals surface area contributed by atoms with Crippen molar-refractivity contribution < 1.29 is 8.83 Å². The normalized spacial score (nSPS) is 11.8. The van der Waals surface area contributed by atoms with Crippen LogP contribution in [-0.4, -0.2) is 0 Å². The molecule has 0 fully saturated rings. The molecule has 0 saturated carbocycles. The number of thiophene rings is 1. The fourth-order valence-corrected chi connectivity index (χ4v) is 10.1. The van der Waals surface area contributed by atoms with Crippen molar-refractivity contribution >= 4 is 92.4 Å². The van der Waals surface area contributed by atoms with Gasteiger partial charge >= 0.3 is 0 Å². The molecule has 0 aliphatic carbocycles. The van der Waals surface area contributed by atoms with Crippen LogP contribution in [0.15, 0.2) is 209 Å². The van der Waals surface area contributed by atoms with Gasteiger partial charge in [0.2, 0.25) is 0 Å². The standard InChI is InChI=1S/C54H33NO2S/c1-4-15-34(16-5-1)38-29-32-49-51(43-24-14-23-40(54(43)58-49)36-19-8-3-9-20-36)52(38)55(37-27-31-48-44(33-37)41-21-10-12-25-46(41)56-48)45-30-28-39(35-17-6-2-7-18-35)53-50(45)42-22-11-13-26-47(42)57-53/h1-33H. The number of nitrogens with zero attached hydrogens (tertiary/aromatic N) is 1. The third-order valence-electron chi connectivity index (χ3n) is 11.5. The Morgan fingerprint density at radius 1 is 0.379 bits per heavy atom. The Hall–Kier alpha value is -7.40. The molecular formula is C54H33NO2S. The van der Waals surface area contributed by atoms with E-state index in [2.05, 4.69) is 193 Å². The smallest absolute Gasteiger partial charge is 0.145 e. The van der Waals surface area contributed by atoms with Gasteiger partial charge in [-0.3, -0.25) is 0 Å². The van der Waals surface area contributed by atoms with Gasteiger partial charge in [0.05, 0.1) is 16.8 Å². The summed E-state index contributed by atoms with van der Waals surface area (Å²) in [6.45, 7) is 0. The number of anilines is 3. The van der Waals surface area contributed by atoms with Crippen molar-refractivity contribution in [2.75, 3.05) is 4.90 Å². The molecule has 3 heterocycles. The Morgan fingerprint density at radius 2 is 0.966 bits per heavy atom. The summed E-state index contributed by atoms with van der Waals surface area (Å²) in [6.07, 6.45) is 0. The molecule has 12 aromatic rings. The van der Waals surface area contributed by atoms with Crippen molar-refractivity contribution in [1.29, 1.82) is 0 Å². The third kappa shape index (κ3) is 5.05. The van der Waals surface area contributed by atoms with E-state index in [4.69, 9.17) is 8.83 Å². The molecule has 0 saturated heterocycles. The largest absolute Gasteiger partial charge is 0.456 e. The second kappa shape index (κ2) is 13.1. The van der Waals surface area contributed by atoms with Crippen molar-refractivity contribution in [3.63, 3.8) is 0 Å². The number of hydrogen-bond acceptors (Lipinski definition) is 4. The van der Waals surface area contributed by atoms with Gasteiger partial charge in [-0.05, 0) is 70.8 Å². The average Bonchev–Trinajstić information content (AvgIpc) is 3.99. The Balaban J connectivity index is 1.26. The number of hydrogen-bond donors (Lipinski definition) is 0. The highest BCUT2D eigenvalue weighted by molar-refractivity contribution is 7.26. The van der Waals surface area contributed by atoms with Crippen LogP contribution in [0, 0.1) is 0 Å². The maximum atomic E-state index is 6.90. The second-order valence-electron chi connectivity index (χ2n) is 14.8. The quantitative estimate of drug-likeness (QED) is 0.169. The summed E-state index contributed by atoms with van der Waals surface area (Å²) in [7, 11) is 0.